The molecule has 10 heteroatoms. The molecular weight excluding hydrogens is 274 g/mol. The highest BCUT2D eigenvalue weighted by Gasteiger charge is 2.30. The first-order chi connectivity index (χ1) is 8.99. The van der Waals surface area contributed by atoms with Crippen LogP contribution in [0.1, 0.15) is 18.7 Å². The molecule has 9 nitrogen and oxygen atoms in total. The number of piperidine rings is 1. The maximum atomic E-state index is 12.0. The molecule has 0 aromatic carbocycles. The van der Waals surface area contributed by atoms with Gasteiger partial charge in [-0.1, -0.05) is 0 Å². The average molecular weight is 289 g/mol. The number of aromatic nitrogens is 3. The Morgan fingerprint density at radius 1 is 1.53 bits per heavy atom. The number of aliphatic carboxylic acids is 1. The van der Waals surface area contributed by atoms with E-state index in [1.54, 1.807) is 0 Å². The van der Waals surface area contributed by atoms with E-state index in [2.05, 4.69) is 19.9 Å². The fraction of sp³-hybridized carbons (Fsp3) is 0.667. The Hall–Kier alpha value is -1.52. The number of H-pyrrole nitrogens is 1. The van der Waals surface area contributed by atoms with E-state index in [1.807, 2.05) is 0 Å². The molecule has 0 amide bonds. The predicted octanol–water partition coefficient (Wildman–Crippen LogP) is -1.06. The molecule has 2 heterocycles. The number of hydrogen-bond acceptors (Lipinski definition) is 5. The number of aromatic amines is 1. The molecule has 0 radical (unpaired) electrons. The highest BCUT2D eigenvalue weighted by molar-refractivity contribution is 7.87. The molecule has 0 saturated carbocycles. The summed E-state index contributed by atoms with van der Waals surface area (Å²) < 4.78 is 27.6. The molecular formula is C9H15N5O4S. The average Bonchev–Trinajstić information content (AvgIpc) is 2.90. The molecule has 0 unspecified atom stereocenters. The van der Waals surface area contributed by atoms with Gasteiger partial charge in [-0.05, 0) is 12.8 Å². The van der Waals surface area contributed by atoms with Crippen LogP contribution in [0.3, 0.4) is 0 Å². The van der Waals surface area contributed by atoms with E-state index in [0.29, 0.717) is 18.7 Å². The van der Waals surface area contributed by atoms with Crippen LogP contribution in [0.15, 0.2) is 6.33 Å². The summed E-state index contributed by atoms with van der Waals surface area (Å²) in [5.74, 6) is -0.906. The third kappa shape index (κ3) is 3.49. The second-order valence-electron chi connectivity index (χ2n) is 4.27. The minimum Gasteiger partial charge on any atom is -0.481 e. The second-order valence-corrected chi connectivity index (χ2v) is 6.03. The molecule has 1 aliphatic rings. The monoisotopic (exact) mass is 289 g/mol. The SMILES string of the molecule is O=C(O)C1CCN(S(=O)(=O)NCc2ncn[nH]2)CC1. The van der Waals surface area contributed by atoms with Crippen molar-refractivity contribution in [3.05, 3.63) is 12.2 Å². The van der Waals surface area contributed by atoms with E-state index in [0.717, 1.165) is 0 Å². The Bertz CT molecular complexity index is 521. The van der Waals surface area contributed by atoms with Gasteiger partial charge in [-0.25, -0.2) is 4.98 Å². The molecule has 0 bridgehead atoms. The van der Waals surface area contributed by atoms with Crippen LogP contribution in [0.5, 0.6) is 0 Å². The van der Waals surface area contributed by atoms with Gasteiger partial charge in [0, 0.05) is 13.1 Å². The van der Waals surface area contributed by atoms with Crippen molar-refractivity contribution in [1.29, 1.82) is 0 Å². The zero-order chi connectivity index (χ0) is 13.9. The topological polar surface area (TPSA) is 128 Å². The lowest BCUT2D eigenvalue weighted by atomic mass is 9.99. The summed E-state index contributed by atoms with van der Waals surface area (Å²) in [6, 6.07) is 0. The number of carboxylic acids is 1. The maximum absolute atomic E-state index is 12.0. The van der Waals surface area contributed by atoms with Crippen LogP contribution in [-0.4, -0.2) is 52.1 Å². The van der Waals surface area contributed by atoms with Crippen molar-refractivity contribution in [2.45, 2.75) is 19.4 Å². The molecule has 0 atom stereocenters. The number of nitrogens with one attached hydrogen (secondary N) is 2. The summed E-state index contributed by atoms with van der Waals surface area (Å²) >= 11 is 0. The van der Waals surface area contributed by atoms with Gasteiger partial charge >= 0.3 is 5.97 Å². The van der Waals surface area contributed by atoms with Gasteiger partial charge in [-0.2, -0.15) is 22.5 Å². The molecule has 106 valence electrons. The lowest BCUT2D eigenvalue weighted by Crippen LogP contribution is -2.45. The van der Waals surface area contributed by atoms with E-state index in [9.17, 15) is 13.2 Å². The second kappa shape index (κ2) is 5.63. The Labute approximate surface area is 110 Å². The van der Waals surface area contributed by atoms with Crippen molar-refractivity contribution in [1.82, 2.24) is 24.2 Å². The van der Waals surface area contributed by atoms with Gasteiger partial charge in [-0.15, -0.1) is 0 Å². The predicted molar refractivity (Wildman–Crippen MR) is 64.1 cm³/mol. The lowest BCUT2D eigenvalue weighted by molar-refractivity contribution is -0.142. The highest BCUT2D eigenvalue weighted by atomic mass is 32.2. The van der Waals surface area contributed by atoms with Crippen LogP contribution in [0.4, 0.5) is 0 Å². The van der Waals surface area contributed by atoms with Crippen molar-refractivity contribution in [2.75, 3.05) is 13.1 Å². The van der Waals surface area contributed by atoms with Gasteiger partial charge in [0.05, 0.1) is 12.5 Å². The quantitative estimate of drug-likeness (QED) is 0.633. The van der Waals surface area contributed by atoms with E-state index in [4.69, 9.17) is 5.11 Å². The number of hydrogen-bond donors (Lipinski definition) is 3. The van der Waals surface area contributed by atoms with Crippen LogP contribution in [-0.2, 0) is 21.5 Å². The minimum absolute atomic E-state index is 0.0290. The summed E-state index contributed by atoms with van der Waals surface area (Å²) in [7, 11) is -3.61. The molecule has 1 aliphatic heterocycles. The Morgan fingerprint density at radius 3 is 2.74 bits per heavy atom. The van der Waals surface area contributed by atoms with Gasteiger partial charge in [-0.3, -0.25) is 9.89 Å². The van der Waals surface area contributed by atoms with Crippen LogP contribution in [0, 0.1) is 5.92 Å². The zero-order valence-corrected chi connectivity index (χ0v) is 10.9. The van der Waals surface area contributed by atoms with Crippen molar-refractivity contribution < 1.29 is 18.3 Å². The van der Waals surface area contributed by atoms with Crippen LogP contribution < -0.4 is 4.72 Å². The third-order valence-corrected chi connectivity index (χ3v) is 4.58. The van der Waals surface area contributed by atoms with E-state index in [1.165, 1.54) is 10.6 Å². The largest absolute Gasteiger partial charge is 0.481 e. The Balaban J connectivity index is 1.88. The summed E-state index contributed by atoms with van der Waals surface area (Å²) in [6.45, 7) is 0.451. The molecule has 1 fully saturated rings. The number of carboxylic acid groups (broad SMARTS) is 1. The molecule has 0 spiro atoms. The van der Waals surface area contributed by atoms with Gasteiger partial charge in [0.15, 0.2) is 0 Å². The standard InChI is InChI=1S/C9H15N5O4S/c15-9(16)7-1-3-14(4-2-7)19(17,18)12-5-8-10-6-11-13-8/h6-7,12H,1-5H2,(H,15,16)(H,10,11,13). The smallest absolute Gasteiger partial charge is 0.306 e. The van der Waals surface area contributed by atoms with Crippen LogP contribution in [0.2, 0.25) is 0 Å². The summed E-state index contributed by atoms with van der Waals surface area (Å²) in [6.07, 6.45) is 1.96. The molecule has 3 N–H and O–H groups in total. The first kappa shape index (κ1) is 13.9. The Morgan fingerprint density at radius 2 is 2.21 bits per heavy atom. The molecule has 1 aromatic rings. The number of nitrogens with zero attached hydrogens (tertiary/aromatic N) is 3. The maximum Gasteiger partial charge on any atom is 0.306 e. The van der Waals surface area contributed by atoms with Crippen LogP contribution >= 0.6 is 0 Å². The van der Waals surface area contributed by atoms with Gasteiger partial charge in [0.25, 0.3) is 10.2 Å². The fourth-order valence-electron chi connectivity index (χ4n) is 1.91. The Kier molecular flexibility index (Phi) is 4.12. The van der Waals surface area contributed by atoms with Crippen molar-refractivity contribution in [3.63, 3.8) is 0 Å². The number of carbonyl (C=O) groups is 1. The van der Waals surface area contributed by atoms with E-state index in [-0.39, 0.29) is 19.6 Å². The first-order valence-electron chi connectivity index (χ1n) is 5.81. The molecule has 0 aliphatic carbocycles. The van der Waals surface area contributed by atoms with Crippen molar-refractivity contribution in [2.24, 2.45) is 5.92 Å². The molecule has 19 heavy (non-hydrogen) atoms. The summed E-state index contributed by atoms with van der Waals surface area (Å²) in [5, 5.41) is 15.0. The van der Waals surface area contributed by atoms with Crippen molar-refractivity contribution in [3.8, 4) is 0 Å². The van der Waals surface area contributed by atoms with E-state index < -0.39 is 22.1 Å². The lowest BCUT2D eigenvalue weighted by Gasteiger charge is -2.29. The van der Waals surface area contributed by atoms with E-state index >= 15 is 0 Å². The summed E-state index contributed by atoms with van der Waals surface area (Å²) in [4.78, 5) is 14.6. The molecule has 1 saturated heterocycles. The van der Waals surface area contributed by atoms with Crippen LogP contribution in [0.25, 0.3) is 0 Å². The van der Waals surface area contributed by atoms with Crippen molar-refractivity contribution >= 4 is 16.2 Å². The minimum atomic E-state index is -3.61. The van der Waals surface area contributed by atoms with Gasteiger partial charge in [0.1, 0.15) is 12.2 Å². The third-order valence-electron chi connectivity index (χ3n) is 3.03. The van der Waals surface area contributed by atoms with Gasteiger partial charge in [0.2, 0.25) is 0 Å². The first-order valence-corrected chi connectivity index (χ1v) is 7.25. The molecule has 1 aromatic heterocycles. The zero-order valence-electron chi connectivity index (χ0n) is 10.1. The molecule has 2 rings (SSSR count). The highest BCUT2D eigenvalue weighted by Crippen LogP contribution is 2.19. The summed E-state index contributed by atoms with van der Waals surface area (Å²) in [5.41, 5.74) is 0. The number of rotatable bonds is 5. The fourth-order valence-corrected chi connectivity index (χ4v) is 3.10. The van der Waals surface area contributed by atoms with Gasteiger partial charge < -0.3 is 5.11 Å². The normalized spacial score (nSPS) is 18.5.